The number of anilines is 1. The van der Waals surface area contributed by atoms with Crippen molar-refractivity contribution in [1.29, 1.82) is 0 Å². The van der Waals surface area contributed by atoms with Gasteiger partial charge in [0.2, 0.25) is 0 Å². The number of rotatable bonds is 2. The van der Waals surface area contributed by atoms with Gasteiger partial charge in [-0.3, -0.25) is 4.21 Å². The average molecular weight is 303 g/mol. The summed E-state index contributed by atoms with van der Waals surface area (Å²) < 4.78 is 12.1. The van der Waals surface area contributed by atoms with E-state index in [1.807, 2.05) is 13.1 Å². The number of nitrogens with one attached hydrogen (secondary N) is 1. The van der Waals surface area contributed by atoms with Crippen LogP contribution in [0.4, 0.5) is 5.69 Å². The van der Waals surface area contributed by atoms with E-state index in [1.54, 1.807) is 0 Å². The molecule has 2 heterocycles. The third-order valence-electron chi connectivity index (χ3n) is 2.77. The van der Waals surface area contributed by atoms with Crippen LogP contribution in [0.5, 0.6) is 0 Å². The van der Waals surface area contributed by atoms with Gasteiger partial charge in [0.15, 0.2) is 0 Å². The van der Waals surface area contributed by atoms with Gasteiger partial charge in [0.05, 0.1) is 11.9 Å². The van der Waals surface area contributed by atoms with Crippen LogP contribution >= 0.6 is 15.9 Å². The Hall–Kier alpha value is -0.420. The highest BCUT2D eigenvalue weighted by Gasteiger charge is 2.17. The molecule has 1 aromatic rings. The fourth-order valence-corrected chi connectivity index (χ4v) is 3.33. The van der Waals surface area contributed by atoms with Crippen molar-refractivity contribution < 1.29 is 4.21 Å². The average Bonchev–Trinajstić information content (AvgIpc) is 2.27. The highest BCUT2D eigenvalue weighted by atomic mass is 79.9. The number of hydrogen-bond acceptors (Lipinski definition) is 3. The Labute approximate surface area is 107 Å². The van der Waals surface area contributed by atoms with Crippen molar-refractivity contribution in [3.05, 3.63) is 22.4 Å². The smallest absolute Gasteiger partial charge is 0.109 e. The minimum atomic E-state index is -0.590. The lowest BCUT2D eigenvalue weighted by molar-refractivity contribution is 0.624. The number of nitrogens with zero attached hydrogens (tertiary/aromatic N) is 1. The third kappa shape index (κ3) is 3.04. The van der Waals surface area contributed by atoms with Gasteiger partial charge in [0, 0.05) is 28.3 Å². The number of pyridine rings is 1. The number of aryl methyl sites for hydroxylation is 1. The lowest BCUT2D eigenvalue weighted by atomic mass is 10.1. The monoisotopic (exact) mass is 302 g/mol. The molecule has 1 saturated heterocycles. The summed E-state index contributed by atoms with van der Waals surface area (Å²) in [7, 11) is -0.590. The molecule has 16 heavy (non-hydrogen) atoms. The molecular formula is C11H15BrN2OS. The van der Waals surface area contributed by atoms with Crippen molar-refractivity contribution in [2.45, 2.75) is 25.8 Å². The van der Waals surface area contributed by atoms with Gasteiger partial charge in [-0.2, -0.15) is 0 Å². The highest BCUT2D eigenvalue weighted by molar-refractivity contribution is 9.10. The van der Waals surface area contributed by atoms with E-state index in [0.29, 0.717) is 6.04 Å². The fraction of sp³-hybridized carbons (Fsp3) is 0.545. The predicted octanol–water partition coefficient (Wildman–Crippen LogP) is 2.48. The molecule has 0 atom stereocenters. The van der Waals surface area contributed by atoms with Gasteiger partial charge in [-0.25, -0.2) is 4.98 Å². The fourth-order valence-electron chi connectivity index (χ4n) is 1.81. The molecule has 2 rings (SSSR count). The summed E-state index contributed by atoms with van der Waals surface area (Å²) >= 11 is 3.38. The first kappa shape index (κ1) is 12.0. The molecule has 0 aliphatic carbocycles. The third-order valence-corrected chi connectivity index (χ3v) is 4.99. The molecule has 0 radical (unpaired) electrons. The Balaban J connectivity index is 1.98. The van der Waals surface area contributed by atoms with E-state index in [4.69, 9.17) is 0 Å². The maximum absolute atomic E-state index is 11.2. The second-order valence-corrected chi connectivity index (χ2v) is 6.55. The van der Waals surface area contributed by atoms with Gasteiger partial charge < -0.3 is 5.32 Å². The molecule has 1 fully saturated rings. The summed E-state index contributed by atoms with van der Waals surface area (Å²) in [4.78, 5) is 4.25. The number of aromatic nitrogens is 1. The van der Waals surface area contributed by atoms with Gasteiger partial charge in [0.25, 0.3) is 0 Å². The van der Waals surface area contributed by atoms with Crippen LogP contribution < -0.4 is 5.32 Å². The van der Waals surface area contributed by atoms with Crippen molar-refractivity contribution in [3.8, 4) is 0 Å². The van der Waals surface area contributed by atoms with Gasteiger partial charge in [-0.1, -0.05) is 0 Å². The van der Waals surface area contributed by atoms with E-state index in [1.165, 1.54) is 0 Å². The first-order valence-corrected chi connectivity index (χ1v) is 7.67. The molecule has 1 aliphatic heterocycles. The maximum Gasteiger partial charge on any atom is 0.109 e. The van der Waals surface area contributed by atoms with Crippen molar-refractivity contribution >= 4 is 32.4 Å². The van der Waals surface area contributed by atoms with E-state index in [2.05, 4.69) is 32.3 Å². The van der Waals surface area contributed by atoms with Crippen LogP contribution in [0.2, 0.25) is 0 Å². The second-order valence-electron chi connectivity index (χ2n) is 4.10. The van der Waals surface area contributed by atoms with Crippen LogP contribution in [-0.4, -0.2) is 26.7 Å². The Bertz CT molecular complexity index is 401. The zero-order valence-electron chi connectivity index (χ0n) is 9.20. The molecule has 0 amide bonds. The van der Waals surface area contributed by atoms with Crippen LogP contribution in [-0.2, 0) is 10.8 Å². The van der Waals surface area contributed by atoms with Gasteiger partial charge in [-0.05, 0) is 47.3 Å². The minimum Gasteiger partial charge on any atom is -0.381 e. The summed E-state index contributed by atoms with van der Waals surface area (Å²) in [6.07, 6.45) is 3.81. The standard InChI is InChI=1S/C11H15BrN2OS/c1-8-6-10(7-13-11(8)12)14-9-2-4-16(15)5-3-9/h6-7,9,14H,2-5H2,1H3. The number of halogens is 1. The lowest BCUT2D eigenvalue weighted by Gasteiger charge is -2.23. The summed E-state index contributed by atoms with van der Waals surface area (Å²) in [6, 6.07) is 2.53. The Morgan fingerprint density at radius 2 is 2.19 bits per heavy atom. The van der Waals surface area contributed by atoms with Gasteiger partial charge >= 0.3 is 0 Å². The zero-order valence-corrected chi connectivity index (χ0v) is 11.6. The first-order chi connectivity index (χ1) is 7.65. The molecular weight excluding hydrogens is 288 g/mol. The van der Waals surface area contributed by atoms with E-state index in [0.717, 1.165) is 40.2 Å². The van der Waals surface area contributed by atoms with E-state index < -0.39 is 10.8 Å². The van der Waals surface area contributed by atoms with Gasteiger partial charge in [-0.15, -0.1) is 0 Å². The largest absolute Gasteiger partial charge is 0.381 e. The molecule has 0 bridgehead atoms. The SMILES string of the molecule is Cc1cc(NC2CCS(=O)CC2)cnc1Br. The van der Waals surface area contributed by atoms with Gasteiger partial charge in [0.1, 0.15) is 4.60 Å². The lowest BCUT2D eigenvalue weighted by Crippen LogP contribution is -2.29. The highest BCUT2D eigenvalue weighted by Crippen LogP contribution is 2.20. The second kappa shape index (κ2) is 5.27. The van der Waals surface area contributed by atoms with E-state index >= 15 is 0 Å². The molecule has 3 nitrogen and oxygen atoms in total. The molecule has 88 valence electrons. The van der Waals surface area contributed by atoms with Crippen LogP contribution in [0.1, 0.15) is 18.4 Å². The first-order valence-electron chi connectivity index (χ1n) is 5.39. The van der Waals surface area contributed by atoms with Crippen LogP contribution in [0.3, 0.4) is 0 Å². The molecule has 5 heteroatoms. The van der Waals surface area contributed by atoms with Crippen molar-refractivity contribution in [3.63, 3.8) is 0 Å². The summed E-state index contributed by atoms with van der Waals surface area (Å²) in [5, 5.41) is 3.45. The zero-order chi connectivity index (χ0) is 11.5. The molecule has 1 N–H and O–H groups in total. The summed E-state index contributed by atoms with van der Waals surface area (Å²) in [5.41, 5.74) is 2.18. The minimum absolute atomic E-state index is 0.445. The molecule has 1 aliphatic rings. The van der Waals surface area contributed by atoms with E-state index in [-0.39, 0.29) is 0 Å². The molecule has 0 aromatic carbocycles. The summed E-state index contributed by atoms with van der Waals surface area (Å²) in [6.45, 7) is 2.03. The molecule has 0 spiro atoms. The van der Waals surface area contributed by atoms with Crippen LogP contribution in [0.15, 0.2) is 16.9 Å². The van der Waals surface area contributed by atoms with Crippen LogP contribution in [0.25, 0.3) is 0 Å². The van der Waals surface area contributed by atoms with Crippen molar-refractivity contribution in [2.75, 3.05) is 16.8 Å². The van der Waals surface area contributed by atoms with Crippen molar-refractivity contribution in [1.82, 2.24) is 4.98 Å². The van der Waals surface area contributed by atoms with E-state index in [9.17, 15) is 4.21 Å². The van der Waals surface area contributed by atoms with Crippen LogP contribution in [0, 0.1) is 6.92 Å². The predicted molar refractivity (Wildman–Crippen MR) is 71.2 cm³/mol. The number of hydrogen-bond donors (Lipinski definition) is 1. The Morgan fingerprint density at radius 1 is 1.50 bits per heavy atom. The van der Waals surface area contributed by atoms with Crippen molar-refractivity contribution in [2.24, 2.45) is 0 Å². The molecule has 0 unspecified atom stereocenters. The normalized spacial score (nSPS) is 25.4. The molecule has 1 aromatic heterocycles. The topological polar surface area (TPSA) is 42.0 Å². The maximum atomic E-state index is 11.2. The Kier molecular flexibility index (Phi) is 3.97. The molecule has 0 saturated carbocycles. The Morgan fingerprint density at radius 3 is 2.81 bits per heavy atom. The quantitative estimate of drug-likeness (QED) is 0.854. The summed E-state index contributed by atoms with van der Waals surface area (Å²) in [5.74, 6) is 1.64.